The third kappa shape index (κ3) is 4.11. The van der Waals surface area contributed by atoms with E-state index in [9.17, 15) is 4.39 Å². The number of pyridine rings is 1. The molecule has 0 saturated heterocycles. The van der Waals surface area contributed by atoms with Gasteiger partial charge in [-0.2, -0.15) is 0 Å². The van der Waals surface area contributed by atoms with Crippen LogP contribution in [0.4, 0.5) is 4.39 Å². The van der Waals surface area contributed by atoms with E-state index in [2.05, 4.69) is 42.2 Å². The highest BCUT2D eigenvalue weighted by atomic mass is 79.9. The largest absolute Gasteiger partial charge is 0.310 e. The Kier molecular flexibility index (Phi) is 5.69. The van der Waals surface area contributed by atoms with Gasteiger partial charge in [0.2, 0.25) is 0 Å². The number of likely N-dealkylation sites (N-methyl/N-ethyl adjacent to an activating group) is 1. The summed E-state index contributed by atoms with van der Waals surface area (Å²) in [6, 6.07) is 7.23. The fourth-order valence-corrected chi connectivity index (χ4v) is 2.80. The monoisotopic (exact) mass is 400 g/mol. The second-order valence-corrected chi connectivity index (χ2v) is 6.32. The maximum Gasteiger partial charge on any atom is 0.127 e. The summed E-state index contributed by atoms with van der Waals surface area (Å²) < 4.78 is 15.6. The van der Waals surface area contributed by atoms with Crippen molar-refractivity contribution in [3.63, 3.8) is 0 Å². The van der Waals surface area contributed by atoms with Gasteiger partial charge in [-0.25, -0.2) is 4.39 Å². The first-order valence-electron chi connectivity index (χ1n) is 6.38. The van der Waals surface area contributed by atoms with Gasteiger partial charge in [0.05, 0.1) is 0 Å². The van der Waals surface area contributed by atoms with Crippen molar-refractivity contribution in [2.24, 2.45) is 0 Å². The molecule has 0 aliphatic carbocycles. The van der Waals surface area contributed by atoms with E-state index in [4.69, 9.17) is 0 Å². The number of rotatable bonds is 5. The fourth-order valence-electron chi connectivity index (χ4n) is 2.08. The molecule has 2 aromatic rings. The van der Waals surface area contributed by atoms with Crippen LogP contribution in [0.1, 0.15) is 24.1 Å². The van der Waals surface area contributed by atoms with Crippen molar-refractivity contribution >= 4 is 31.9 Å². The molecule has 5 heteroatoms. The molecule has 0 fully saturated rings. The van der Waals surface area contributed by atoms with Crippen LogP contribution >= 0.6 is 31.9 Å². The zero-order chi connectivity index (χ0) is 14.5. The summed E-state index contributed by atoms with van der Waals surface area (Å²) >= 11 is 6.70. The zero-order valence-corrected chi connectivity index (χ0v) is 14.2. The summed E-state index contributed by atoms with van der Waals surface area (Å²) in [6.07, 6.45) is 4.15. The number of halogens is 3. The lowest BCUT2D eigenvalue weighted by Gasteiger charge is -2.19. The van der Waals surface area contributed by atoms with Gasteiger partial charge in [0.1, 0.15) is 5.82 Å². The van der Waals surface area contributed by atoms with Gasteiger partial charge in [0.15, 0.2) is 0 Å². The first-order chi connectivity index (χ1) is 9.60. The van der Waals surface area contributed by atoms with Crippen molar-refractivity contribution < 1.29 is 4.39 Å². The van der Waals surface area contributed by atoms with Crippen LogP contribution in [0.5, 0.6) is 0 Å². The van der Waals surface area contributed by atoms with E-state index in [0.29, 0.717) is 12.0 Å². The molecule has 0 aliphatic heterocycles. The smallest absolute Gasteiger partial charge is 0.127 e. The predicted octanol–water partition coefficient (Wildman–Crippen LogP) is 4.64. The Bertz CT molecular complexity index is 590. The molecule has 0 radical (unpaired) electrons. The lowest BCUT2D eigenvalue weighted by Crippen LogP contribution is -2.23. The molecule has 1 heterocycles. The van der Waals surface area contributed by atoms with Gasteiger partial charge < -0.3 is 5.32 Å². The van der Waals surface area contributed by atoms with Gasteiger partial charge >= 0.3 is 0 Å². The Morgan fingerprint density at radius 3 is 2.65 bits per heavy atom. The van der Waals surface area contributed by atoms with E-state index in [1.807, 2.05) is 31.3 Å². The molecule has 1 unspecified atom stereocenters. The van der Waals surface area contributed by atoms with Gasteiger partial charge in [0, 0.05) is 27.4 Å². The molecular weight excluding hydrogens is 387 g/mol. The number of nitrogens with one attached hydrogen (secondary N) is 1. The van der Waals surface area contributed by atoms with Gasteiger partial charge in [-0.1, -0.05) is 28.9 Å². The molecule has 1 aromatic heterocycles. The molecule has 106 valence electrons. The van der Waals surface area contributed by atoms with E-state index >= 15 is 0 Å². The quantitative estimate of drug-likeness (QED) is 0.789. The molecule has 0 spiro atoms. The summed E-state index contributed by atoms with van der Waals surface area (Å²) in [7, 11) is 0. The summed E-state index contributed by atoms with van der Waals surface area (Å²) in [4.78, 5) is 4.18. The van der Waals surface area contributed by atoms with Crippen molar-refractivity contribution in [1.82, 2.24) is 10.3 Å². The lowest BCUT2D eigenvalue weighted by molar-refractivity contribution is 0.526. The minimum Gasteiger partial charge on any atom is -0.310 e. The molecule has 1 aromatic carbocycles. The minimum absolute atomic E-state index is 0.0423. The molecule has 0 bridgehead atoms. The average molecular weight is 402 g/mol. The summed E-state index contributed by atoms with van der Waals surface area (Å²) in [5.74, 6) is -0.190. The number of hydrogen-bond acceptors (Lipinski definition) is 2. The summed E-state index contributed by atoms with van der Waals surface area (Å²) in [5.41, 5.74) is 1.74. The van der Waals surface area contributed by atoms with Crippen LogP contribution in [-0.2, 0) is 6.42 Å². The van der Waals surface area contributed by atoms with Crippen molar-refractivity contribution in [3.05, 3.63) is 62.5 Å². The van der Waals surface area contributed by atoms with Crippen LogP contribution < -0.4 is 5.32 Å². The van der Waals surface area contributed by atoms with Crippen molar-refractivity contribution in [1.29, 1.82) is 0 Å². The van der Waals surface area contributed by atoms with Gasteiger partial charge in [-0.05, 0) is 58.2 Å². The van der Waals surface area contributed by atoms with E-state index in [1.54, 1.807) is 6.20 Å². The van der Waals surface area contributed by atoms with E-state index in [1.165, 1.54) is 6.07 Å². The number of benzene rings is 1. The lowest BCUT2D eigenvalue weighted by atomic mass is 10.00. The second-order valence-electron chi connectivity index (χ2n) is 4.49. The Hall–Kier alpha value is -0.780. The molecular formula is C15H15Br2FN2. The highest BCUT2D eigenvalue weighted by Crippen LogP contribution is 2.23. The van der Waals surface area contributed by atoms with Gasteiger partial charge in [0.25, 0.3) is 0 Å². The molecule has 2 nitrogen and oxygen atoms in total. The fraction of sp³-hybridized carbons (Fsp3) is 0.267. The topological polar surface area (TPSA) is 24.9 Å². The van der Waals surface area contributed by atoms with Crippen LogP contribution in [0.2, 0.25) is 0 Å². The molecule has 1 atom stereocenters. The van der Waals surface area contributed by atoms with Gasteiger partial charge in [-0.15, -0.1) is 0 Å². The molecule has 0 amide bonds. The predicted molar refractivity (Wildman–Crippen MR) is 86.2 cm³/mol. The summed E-state index contributed by atoms with van der Waals surface area (Å²) in [5, 5.41) is 3.38. The van der Waals surface area contributed by atoms with Crippen LogP contribution in [0.3, 0.4) is 0 Å². The SMILES string of the molecule is CCNC(Cc1ccc(Br)cc1F)c1cncc(Br)c1. The van der Waals surface area contributed by atoms with E-state index in [-0.39, 0.29) is 11.9 Å². The van der Waals surface area contributed by atoms with Crippen LogP contribution in [0, 0.1) is 5.82 Å². The highest BCUT2D eigenvalue weighted by molar-refractivity contribution is 9.10. The Balaban J connectivity index is 2.25. The molecule has 0 saturated carbocycles. The maximum atomic E-state index is 14.0. The molecule has 20 heavy (non-hydrogen) atoms. The van der Waals surface area contributed by atoms with Crippen molar-refractivity contribution in [3.8, 4) is 0 Å². The standard InChI is InChI=1S/C15H15Br2FN2/c1-2-20-15(11-5-13(17)9-19-8-11)6-10-3-4-12(16)7-14(10)18/h3-5,7-9,15,20H,2,6H2,1H3. The molecule has 2 rings (SSSR count). The molecule has 1 N–H and O–H groups in total. The van der Waals surface area contributed by atoms with Crippen LogP contribution in [0.25, 0.3) is 0 Å². The maximum absolute atomic E-state index is 14.0. The summed E-state index contributed by atoms with van der Waals surface area (Å²) in [6.45, 7) is 2.85. The van der Waals surface area contributed by atoms with E-state index in [0.717, 1.165) is 21.1 Å². The van der Waals surface area contributed by atoms with Crippen LogP contribution in [0.15, 0.2) is 45.6 Å². The Labute approximate surface area is 135 Å². The minimum atomic E-state index is -0.190. The number of aromatic nitrogens is 1. The van der Waals surface area contributed by atoms with Gasteiger partial charge in [-0.3, -0.25) is 4.98 Å². The molecule has 0 aliphatic rings. The average Bonchev–Trinajstić information content (AvgIpc) is 2.41. The third-order valence-electron chi connectivity index (χ3n) is 3.02. The second kappa shape index (κ2) is 7.29. The van der Waals surface area contributed by atoms with Crippen LogP contribution in [-0.4, -0.2) is 11.5 Å². The number of hydrogen-bond donors (Lipinski definition) is 1. The Morgan fingerprint density at radius 2 is 2.00 bits per heavy atom. The normalized spacial score (nSPS) is 12.4. The number of nitrogens with zero attached hydrogens (tertiary/aromatic N) is 1. The third-order valence-corrected chi connectivity index (χ3v) is 3.94. The van der Waals surface area contributed by atoms with Crippen molar-refractivity contribution in [2.75, 3.05) is 6.54 Å². The highest BCUT2D eigenvalue weighted by Gasteiger charge is 2.14. The zero-order valence-electron chi connectivity index (χ0n) is 11.0. The first kappa shape index (κ1) is 15.6. The Morgan fingerprint density at radius 1 is 1.20 bits per heavy atom. The first-order valence-corrected chi connectivity index (χ1v) is 7.96. The van der Waals surface area contributed by atoms with Crippen molar-refractivity contribution in [2.45, 2.75) is 19.4 Å². The van der Waals surface area contributed by atoms with E-state index < -0.39 is 0 Å².